The first-order valence-electron chi connectivity index (χ1n) is 5.51. The second-order valence-electron chi connectivity index (χ2n) is 3.74. The maximum atomic E-state index is 13.0. The number of aromatic nitrogens is 1. The third-order valence-corrected chi connectivity index (χ3v) is 4.12. The van der Waals surface area contributed by atoms with Crippen LogP contribution >= 0.6 is 33.9 Å². The Hall–Kier alpha value is -1.06. The van der Waals surface area contributed by atoms with Gasteiger partial charge in [0, 0.05) is 15.4 Å². The molecular weight excluding hydrogens is 380 g/mol. The number of carbonyl (C=O) groups is 1. The van der Waals surface area contributed by atoms with Gasteiger partial charge in [-0.15, -0.1) is 11.3 Å². The van der Waals surface area contributed by atoms with Crippen molar-refractivity contribution >= 4 is 45.5 Å². The Morgan fingerprint density at radius 1 is 1.53 bits per heavy atom. The number of amides is 1. The molecule has 2 aromatic rings. The average Bonchev–Trinajstić information content (AvgIpc) is 2.82. The zero-order valence-corrected chi connectivity index (χ0v) is 12.8. The lowest BCUT2D eigenvalue weighted by atomic mass is 10.3. The molecule has 1 aromatic carbocycles. The van der Waals surface area contributed by atoms with Crippen LogP contribution in [0.1, 0.15) is 15.5 Å². The minimum atomic E-state index is -0.332. The maximum absolute atomic E-state index is 13.0. The first-order chi connectivity index (χ1) is 9.10. The van der Waals surface area contributed by atoms with Gasteiger partial charge in [-0.2, -0.15) is 0 Å². The topological polar surface area (TPSA) is 68.0 Å². The molecule has 19 heavy (non-hydrogen) atoms. The number of nitrogens with zero attached hydrogens (tertiary/aromatic N) is 1. The molecule has 7 heteroatoms. The van der Waals surface area contributed by atoms with Gasteiger partial charge < -0.3 is 11.1 Å². The number of thiazole rings is 1. The summed E-state index contributed by atoms with van der Waals surface area (Å²) in [6.07, 6.45) is 0.659. The summed E-state index contributed by atoms with van der Waals surface area (Å²) in [5.41, 5.74) is 6.36. The van der Waals surface area contributed by atoms with Crippen molar-refractivity contribution in [2.24, 2.45) is 5.73 Å². The van der Waals surface area contributed by atoms with Gasteiger partial charge in [-0.1, -0.05) is 0 Å². The van der Waals surface area contributed by atoms with E-state index in [4.69, 9.17) is 5.73 Å². The van der Waals surface area contributed by atoms with E-state index in [2.05, 4.69) is 10.3 Å². The lowest BCUT2D eigenvalue weighted by Crippen LogP contribution is -2.13. The van der Waals surface area contributed by atoms with E-state index < -0.39 is 0 Å². The number of anilines is 1. The van der Waals surface area contributed by atoms with Gasteiger partial charge in [-0.3, -0.25) is 4.79 Å². The van der Waals surface area contributed by atoms with Gasteiger partial charge in [0.05, 0.1) is 10.7 Å². The second kappa shape index (κ2) is 6.40. The van der Waals surface area contributed by atoms with E-state index in [9.17, 15) is 9.18 Å². The van der Waals surface area contributed by atoms with Crippen molar-refractivity contribution in [2.45, 2.75) is 6.42 Å². The van der Waals surface area contributed by atoms with Gasteiger partial charge in [-0.05, 0) is 47.3 Å². The molecule has 4 nitrogen and oxygen atoms in total. The highest BCUT2D eigenvalue weighted by Crippen LogP contribution is 2.20. The van der Waals surface area contributed by atoms with Crippen LogP contribution in [0.3, 0.4) is 0 Å². The number of benzene rings is 1. The van der Waals surface area contributed by atoms with Crippen molar-refractivity contribution in [3.05, 3.63) is 43.7 Å². The summed E-state index contributed by atoms with van der Waals surface area (Å²) in [4.78, 5) is 16.2. The standard InChI is InChI=1S/C12H11FIN3OS/c13-7-1-2-9(8(14)5-7)17-12(18)10-6-19-11(16-10)3-4-15/h1-2,5-6H,3-4,15H2,(H,17,18). The molecular formula is C12H11FIN3OS. The van der Waals surface area contributed by atoms with E-state index in [1.807, 2.05) is 22.6 Å². The average molecular weight is 391 g/mol. The minimum Gasteiger partial charge on any atom is -0.330 e. The molecule has 0 saturated heterocycles. The normalized spacial score (nSPS) is 10.5. The Labute approximate surface area is 127 Å². The zero-order valence-electron chi connectivity index (χ0n) is 9.82. The molecule has 0 atom stereocenters. The first kappa shape index (κ1) is 14.4. The van der Waals surface area contributed by atoms with Crippen molar-refractivity contribution < 1.29 is 9.18 Å². The molecule has 2 rings (SSSR count). The van der Waals surface area contributed by atoms with E-state index in [0.717, 1.165) is 5.01 Å². The van der Waals surface area contributed by atoms with Gasteiger partial charge in [0.25, 0.3) is 5.91 Å². The number of hydrogen-bond donors (Lipinski definition) is 2. The van der Waals surface area contributed by atoms with Crippen LogP contribution in [0.4, 0.5) is 10.1 Å². The van der Waals surface area contributed by atoms with Crippen molar-refractivity contribution in [1.82, 2.24) is 4.98 Å². The highest BCUT2D eigenvalue weighted by atomic mass is 127. The van der Waals surface area contributed by atoms with Gasteiger partial charge in [0.2, 0.25) is 0 Å². The molecule has 0 aliphatic rings. The Morgan fingerprint density at radius 3 is 3.00 bits per heavy atom. The third kappa shape index (κ3) is 3.71. The van der Waals surface area contributed by atoms with Gasteiger partial charge in [0.15, 0.2) is 0 Å². The van der Waals surface area contributed by atoms with Crippen molar-refractivity contribution in [2.75, 3.05) is 11.9 Å². The molecule has 0 unspecified atom stereocenters. The Morgan fingerprint density at radius 2 is 2.32 bits per heavy atom. The van der Waals surface area contributed by atoms with Crippen LogP contribution in [0, 0.1) is 9.39 Å². The summed E-state index contributed by atoms with van der Waals surface area (Å²) in [6.45, 7) is 0.504. The number of nitrogens with one attached hydrogen (secondary N) is 1. The molecule has 100 valence electrons. The van der Waals surface area contributed by atoms with Gasteiger partial charge in [-0.25, -0.2) is 9.37 Å². The summed E-state index contributed by atoms with van der Waals surface area (Å²) in [5, 5.41) is 5.23. The lowest BCUT2D eigenvalue weighted by Gasteiger charge is -2.05. The predicted octanol–water partition coefficient (Wildman–Crippen LogP) is 2.64. The maximum Gasteiger partial charge on any atom is 0.275 e. The predicted molar refractivity (Wildman–Crippen MR) is 81.9 cm³/mol. The summed E-state index contributed by atoms with van der Waals surface area (Å²) in [5.74, 6) is -0.634. The highest BCUT2D eigenvalue weighted by Gasteiger charge is 2.12. The van der Waals surface area contributed by atoms with Crippen LogP contribution in [-0.4, -0.2) is 17.4 Å². The summed E-state index contributed by atoms with van der Waals surface area (Å²) in [6, 6.07) is 4.19. The van der Waals surface area contributed by atoms with Crippen LogP contribution < -0.4 is 11.1 Å². The molecule has 0 saturated carbocycles. The van der Waals surface area contributed by atoms with Crippen LogP contribution in [0.15, 0.2) is 23.6 Å². The fourth-order valence-electron chi connectivity index (χ4n) is 1.43. The van der Waals surface area contributed by atoms with Gasteiger partial charge >= 0.3 is 0 Å². The number of nitrogens with two attached hydrogens (primary N) is 1. The molecule has 0 spiro atoms. The van der Waals surface area contributed by atoms with Crippen molar-refractivity contribution in [1.29, 1.82) is 0 Å². The minimum absolute atomic E-state index is 0.302. The summed E-state index contributed by atoms with van der Waals surface area (Å²) < 4.78 is 13.6. The van der Waals surface area contributed by atoms with E-state index >= 15 is 0 Å². The largest absolute Gasteiger partial charge is 0.330 e. The molecule has 0 aliphatic heterocycles. The summed E-state index contributed by atoms with van der Waals surface area (Å²) >= 11 is 3.37. The Bertz CT molecular complexity index is 602. The van der Waals surface area contributed by atoms with Crippen LogP contribution in [0.5, 0.6) is 0 Å². The van der Waals surface area contributed by atoms with E-state index in [1.165, 1.54) is 29.5 Å². The number of halogens is 2. The third-order valence-electron chi connectivity index (χ3n) is 2.32. The molecule has 3 N–H and O–H groups in total. The zero-order chi connectivity index (χ0) is 13.8. The molecule has 1 heterocycles. The quantitative estimate of drug-likeness (QED) is 0.788. The SMILES string of the molecule is NCCc1nc(C(=O)Nc2ccc(F)cc2I)cs1. The van der Waals surface area contributed by atoms with E-state index in [1.54, 1.807) is 5.38 Å². The lowest BCUT2D eigenvalue weighted by molar-refractivity contribution is 0.102. The van der Waals surface area contributed by atoms with Crippen LogP contribution in [0.2, 0.25) is 0 Å². The number of carbonyl (C=O) groups excluding carboxylic acids is 1. The van der Waals surface area contributed by atoms with Crippen molar-refractivity contribution in [3.63, 3.8) is 0 Å². The van der Waals surface area contributed by atoms with Crippen LogP contribution in [-0.2, 0) is 6.42 Å². The molecule has 1 amide bonds. The fourth-order valence-corrected chi connectivity index (χ4v) is 2.84. The number of hydrogen-bond acceptors (Lipinski definition) is 4. The van der Waals surface area contributed by atoms with Crippen LogP contribution in [0.25, 0.3) is 0 Å². The highest BCUT2D eigenvalue weighted by molar-refractivity contribution is 14.1. The Kier molecular flexibility index (Phi) is 4.83. The first-order valence-corrected chi connectivity index (χ1v) is 7.47. The second-order valence-corrected chi connectivity index (χ2v) is 5.85. The smallest absolute Gasteiger partial charge is 0.275 e. The van der Waals surface area contributed by atoms with E-state index in [0.29, 0.717) is 27.9 Å². The Balaban J connectivity index is 2.11. The molecule has 1 aromatic heterocycles. The van der Waals surface area contributed by atoms with E-state index in [-0.39, 0.29) is 11.7 Å². The monoisotopic (exact) mass is 391 g/mol. The van der Waals surface area contributed by atoms with Gasteiger partial charge in [0.1, 0.15) is 11.5 Å². The number of rotatable bonds is 4. The molecule has 0 fully saturated rings. The molecule has 0 bridgehead atoms. The molecule has 0 aliphatic carbocycles. The van der Waals surface area contributed by atoms with Crippen molar-refractivity contribution in [3.8, 4) is 0 Å². The fraction of sp³-hybridized carbons (Fsp3) is 0.167. The molecule has 0 radical (unpaired) electrons. The summed E-state index contributed by atoms with van der Waals surface area (Å²) in [7, 11) is 0.